The van der Waals surface area contributed by atoms with Crippen molar-refractivity contribution >= 4 is 17.2 Å². The minimum atomic E-state index is 0.0433. The molecule has 2 aromatic rings. The molecule has 1 saturated heterocycles. The highest BCUT2D eigenvalue weighted by atomic mass is 32.1. The van der Waals surface area contributed by atoms with Gasteiger partial charge in [0.15, 0.2) is 0 Å². The summed E-state index contributed by atoms with van der Waals surface area (Å²) < 4.78 is 11.3. The smallest absolute Gasteiger partial charge is 0.266 e. The van der Waals surface area contributed by atoms with Crippen LogP contribution >= 0.6 is 11.3 Å². The summed E-state index contributed by atoms with van der Waals surface area (Å²) in [4.78, 5) is 19.7. The van der Waals surface area contributed by atoms with Gasteiger partial charge in [-0.3, -0.25) is 4.79 Å². The molecule has 0 aliphatic carbocycles. The number of aromatic nitrogens is 1. The molecule has 1 atom stereocenters. The second-order valence-electron chi connectivity index (χ2n) is 6.06. The molecular formula is C18H22N2O3S. The molecule has 0 unspecified atom stereocenters. The van der Waals surface area contributed by atoms with E-state index in [1.165, 1.54) is 16.9 Å². The lowest BCUT2D eigenvalue weighted by Crippen LogP contribution is -2.44. The molecule has 0 N–H and O–H groups in total. The van der Waals surface area contributed by atoms with Gasteiger partial charge in [0.05, 0.1) is 18.4 Å². The molecule has 24 heavy (non-hydrogen) atoms. The molecule has 0 bridgehead atoms. The first-order valence-electron chi connectivity index (χ1n) is 8.09. The molecule has 1 fully saturated rings. The molecule has 0 spiro atoms. The Hall–Kier alpha value is -1.92. The van der Waals surface area contributed by atoms with Crippen molar-refractivity contribution in [2.24, 2.45) is 0 Å². The quantitative estimate of drug-likeness (QED) is 0.853. The first kappa shape index (κ1) is 16.9. The van der Waals surface area contributed by atoms with E-state index in [0.29, 0.717) is 31.2 Å². The largest absolute Gasteiger partial charge is 0.486 e. The van der Waals surface area contributed by atoms with Crippen molar-refractivity contribution < 1.29 is 14.3 Å². The zero-order valence-corrected chi connectivity index (χ0v) is 15.1. The summed E-state index contributed by atoms with van der Waals surface area (Å²) in [6, 6.07) is 7.90. The summed E-state index contributed by atoms with van der Waals surface area (Å²) in [6.07, 6.45) is 0.0836. The summed E-state index contributed by atoms with van der Waals surface area (Å²) in [5.41, 5.74) is 1.96. The third-order valence-corrected chi connectivity index (χ3v) is 5.07. The predicted octanol–water partition coefficient (Wildman–Crippen LogP) is 3.20. The van der Waals surface area contributed by atoms with Gasteiger partial charge in [-0.05, 0) is 32.9 Å². The van der Waals surface area contributed by atoms with Crippen LogP contribution in [0.3, 0.4) is 0 Å². The summed E-state index contributed by atoms with van der Waals surface area (Å²) in [5, 5.41) is 0.817. The Morgan fingerprint density at radius 3 is 2.83 bits per heavy atom. The Labute approximate surface area is 146 Å². The molecule has 5 nitrogen and oxygen atoms in total. The third kappa shape index (κ3) is 3.94. The maximum Gasteiger partial charge on any atom is 0.266 e. The van der Waals surface area contributed by atoms with Crippen LogP contribution in [0.2, 0.25) is 0 Å². The van der Waals surface area contributed by atoms with E-state index in [2.05, 4.69) is 4.98 Å². The van der Waals surface area contributed by atoms with Crippen molar-refractivity contribution in [2.75, 3.05) is 19.7 Å². The monoisotopic (exact) mass is 346 g/mol. The molecule has 6 heteroatoms. The number of hydrogen-bond acceptors (Lipinski definition) is 5. The number of aryl methyl sites for hydroxylation is 2. The Balaban J connectivity index is 1.66. The van der Waals surface area contributed by atoms with Crippen LogP contribution in [0, 0.1) is 13.8 Å². The molecule has 3 rings (SSSR count). The topological polar surface area (TPSA) is 51.7 Å². The van der Waals surface area contributed by atoms with Gasteiger partial charge in [0.25, 0.3) is 5.91 Å². The van der Waals surface area contributed by atoms with Crippen LogP contribution in [0.4, 0.5) is 0 Å². The lowest BCUT2D eigenvalue weighted by atomic mass is 10.2. The normalized spacial score (nSPS) is 17.8. The maximum atomic E-state index is 12.7. The van der Waals surface area contributed by atoms with E-state index in [9.17, 15) is 4.79 Å². The number of ether oxygens (including phenoxy) is 2. The van der Waals surface area contributed by atoms with Gasteiger partial charge in [-0.2, -0.15) is 0 Å². The molecule has 1 aromatic carbocycles. The van der Waals surface area contributed by atoms with Crippen molar-refractivity contribution in [2.45, 2.75) is 33.5 Å². The van der Waals surface area contributed by atoms with Crippen molar-refractivity contribution in [3.05, 3.63) is 45.4 Å². The number of rotatable bonds is 4. The number of carbonyl (C=O) groups excluding carboxylic acids is 1. The van der Waals surface area contributed by atoms with Gasteiger partial charge in [-0.15, -0.1) is 11.3 Å². The van der Waals surface area contributed by atoms with E-state index >= 15 is 0 Å². The summed E-state index contributed by atoms with van der Waals surface area (Å²) in [7, 11) is 0. The van der Waals surface area contributed by atoms with Crippen molar-refractivity contribution in [3.8, 4) is 5.75 Å². The van der Waals surface area contributed by atoms with Gasteiger partial charge in [0.1, 0.15) is 22.2 Å². The van der Waals surface area contributed by atoms with Crippen molar-refractivity contribution in [3.63, 3.8) is 0 Å². The number of amides is 1. The maximum absolute atomic E-state index is 12.7. The lowest BCUT2D eigenvalue weighted by molar-refractivity contribution is -0.0122. The standard InChI is InChI=1S/C18H22N2O3S/c1-12-4-6-15(7-5-12)23-11-16-19-14(3)17(24-16)18(21)20-8-9-22-13(2)10-20/h4-7,13H,8-11H2,1-3H3/t13-/m1/s1. The molecule has 0 radical (unpaired) electrons. The second-order valence-corrected chi connectivity index (χ2v) is 7.14. The average Bonchev–Trinajstić information content (AvgIpc) is 2.94. The second kappa shape index (κ2) is 7.32. The van der Waals surface area contributed by atoms with Crippen LogP contribution in [-0.2, 0) is 11.3 Å². The molecule has 1 amide bonds. The molecular weight excluding hydrogens is 324 g/mol. The van der Waals surface area contributed by atoms with Gasteiger partial charge >= 0.3 is 0 Å². The van der Waals surface area contributed by atoms with Crippen LogP contribution in [0.15, 0.2) is 24.3 Å². The highest BCUT2D eigenvalue weighted by molar-refractivity contribution is 7.13. The first-order valence-corrected chi connectivity index (χ1v) is 8.91. The Morgan fingerprint density at radius 1 is 1.38 bits per heavy atom. The van der Waals surface area contributed by atoms with Gasteiger partial charge in [0.2, 0.25) is 0 Å². The minimum absolute atomic E-state index is 0.0433. The number of morpholine rings is 1. The Kier molecular flexibility index (Phi) is 5.16. The highest BCUT2D eigenvalue weighted by Gasteiger charge is 2.25. The van der Waals surface area contributed by atoms with Gasteiger partial charge in [-0.25, -0.2) is 4.98 Å². The number of nitrogens with zero attached hydrogens (tertiary/aromatic N) is 2. The molecule has 0 saturated carbocycles. The molecule has 2 heterocycles. The Bertz CT molecular complexity index is 712. The van der Waals surface area contributed by atoms with E-state index in [-0.39, 0.29) is 12.0 Å². The number of hydrogen-bond donors (Lipinski definition) is 0. The fourth-order valence-corrected chi connectivity index (χ4v) is 3.58. The number of benzene rings is 1. The highest BCUT2D eigenvalue weighted by Crippen LogP contribution is 2.23. The summed E-state index contributed by atoms with van der Waals surface area (Å²) >= 11 is 1.42. The van der Waals surface area contributed by atoms with E-state index in [1.807, 2.05) is 49.9 Å². The van der Waals surface area contributed by atoms with Crippen molar-refractivity contribution in [1.82, 2.24) is 9.88 Å². The van der Waals surface area contributed by atoms with E-state index in [4.69, 9.17) is 9.47 Å². The number of carbonyl (C=O) groups is 1. The molecule has 1 aliphatic heterocycles. The van der Waals surface area contributed by atoms with Crippen molar-refractivity contribution in [1.29, 1.82) is 0 Å². The van der Waals surface area contributed by atoms with Crippen LogP contribution < -0.4 is 4.74 Å². The predicted molar refractivity (Wildman–Crippen MR) is 93.7 cm³/mol. The molecule has 1 aliphatic rings. The van der Waals surface area contributed by atoms with E-state index in [0.717, 1.165) is 16.5 Å². The summed E-state index contributed by atoms with van der Waals surface area (Å²) in [5.74, 6) is 0.852. The number of thiazole rings is 1. The third-order valence-electron chi connectivity index (χ3n) is 3.95. The van der Waals surface area contributed by atoms with Crippen LogP contribution in [0.1, 0.15) is 32.9 Å². The zero-order valence-electron chi connectivity index (χ0n) is 14.2. The lowest BCUT2D eigenvalue weighted by Gasteiger charge is -2.30. The fraction of sp³-hybridized carbons (Fsp3) is 0.444. The van der Waals surface area contributed by atoms with Crippen LogP contribution in [0.25, 0.3) is 0 Å². The first-order chi connectivity index (χ1) is 11.5. The van der Waals surface area contributed by atoms with E-state index in [1.54, 1.807) is 0 Å². The average molecular weight is 346 g/mol. The zero-order chi connectivity index (χ0) is 17.1. The minimum Gasteiger partial charge on any atom is -0.486 e. The van der Waals surface area contributed by atoms with Gasteiger partial charge < -0.3 is 14.4 Å². The van der Waals surface area contributed by atoms with Gasteiger partial charge in [-0.1, -0.05) is 17.7 Å². The fourth-order valence-electron chi connectivity index (χ4n) is 2.64. The Morgan fingerprint density at radius 2 is 2.12 bits per heavy atom. The van der Waals surface area contributed by atoms with Gasteiger partial charge in [0, 0.05) is 13.1 Å². The SMILES string of the molecule is Cc1ccc(OCc2nc(C)c(C(=O)N3CCO[C@H](C)C3)s2)cc1. The van der Waals surface area contributed by atoms with E-state index < -0.39 is 0 Å². The molecule has 1 aromatic heterocycles. The summed E-state index contributed by atoms with van der Waals surface area (Å²) in [6.45, 7) is 8.14. The molecule has 128 valence electrons. The van der Waals surface area contributed by atoms with Crippen LogP contribution in [0.5, 0.6) is 5.75 Å². The van der Waals surface area contributed by atoms with Crippen LogP contribution in [-0.4, -0.2) is 41.6 Å².